The van der Waals surface area contributed by atoms with Crippen LogP contribution in [-0.2, 0) is 4.79 Å². The van der Waals surface area contributed by atoms with Crippen LogP contribution in [0.15, 0.2) is 12.1 Å². The number of hydrogen-bond acceptors (Lipinski definition) is 4. The minimum atomic E-state index is -0.545. The number of halogens is 2. The lowest BCUT2D eigenvalue weighted by Gasteiger charge is -2.15. The van der Waals surface area contributed by atoms with Crippen LogP contribution in [0.5, 0.6) is 11.5 Å². The highest BCUT2D eigenvalue weighted by Gasteiger charge is 2.16. The lowest BCUT2D eigenvalue weighted by Crippen LogP contribution is -2.35. The Kier molecular flexibility index (Phi) is 8.37. The molecule has 0 heterocycles. The SMILES string of the molecule is CCCC(N)C(=O)Nc1cc(OC)c(Cl)cc1OC.Cl. The van der Waals surface area contributed by atoms with E-state index in [1.807, 2.05) is 6.92 Å². The van der Waals surface area contributed by atoms with Gasteiger partial charge in [0.25, 0.3) is 0 Å². The molecule has 5 nitrogen and oxygen atoms in total. The van der Waals surface area contributed by atoms with Gasteiger partial charge in [0, 0.05) is 12.1 Å². The van der Waals surface area contributed by atoms with Crippen molar-refractivity contribution in [2.75, 3.05) is 19.5 Å². The fourth-order valence-corrected chi connectivity index (χ4v) is 1.86. The number of nitrogens with one attached hydrogen (secondary N) is 1. The van der Waals surface area contributed by atoms with Crippen molar-refractivity contribution in [3.63, 3.8) is 0 Å². The average molecular weight is 323 g/mol. The Hall–Kier alpha value is -1.17. The van der Waals surface area contributed by atoms with E-state index in [0.717, 1.165) is 6.42 Å². The van der Waals surface area contributed by atoms with E-state index in [1.54, 1.807) is 12.1 Å². The van der Waals surface area contributed by atoms with Gasteiger partial charge in [-0.3, -0.25) is 4.79 Å². The quantitative estimate of drug-likeness (QED) is 0.844. The summed E-state index contributed by atoms with van der Waals surface area (Å²) in [6.45, 7) is 1.97. The van der Waals surface area contributed by atoms with Gasteiger partial charge in [0.15, 0.2) is 0 Å². The molecule has 1 amide bonds. The third-order valence-corrected chi connectivity index (χ3v) is 2.96. The van der Waals surface area contributed by atoms with Gasteiger partial charge in [-0.2, -0.15) is 0 Å². The third kappa shape index (κ3) is 4.74. The third-order valence-electron chi connectivity index (χ3n) is 2.67. The zero-order valence-electron chi connectivity index (χ0n) is 11.7. The summed E-state index contributed by atoms with van der Waals surface area (Å²) in [5, 5.41) is 3.13. The minimum absolute atomic E-state index is 0. The van der Waals surface area contributed by atoms with Crippen molar-refractivity contribution in [2.45, 2.75) is 25.8 Å². The van der Waals surface area contributed by atoms with Crippen molar-refractivity contribution in [2.24, 2.45) is 5.73 Å². The molecule has 0 radical (unpaired) electrons. The molecular formula is C13H20Cl2N2O3. The first-order valence-corrected chi connectivity index (χ1v) is 6.39. The Balaban J connectivity index is 0.00000361. The first-order chi connectivity index (χ1) is 9.03. The molecule has 114 valence electrons. The van der Waals surface area contributed by atoms with E-state index >= 15 is 0 Å². The number of methoxy groups -OCH3 is 2. The number of rotatable bonds is 6. The maximum absolute atomic E-state index is 11.9. The van der Waals surface area contributed by atoms with Crippen molar-refractivity contribution in [1.82, 2.24) is 0 Å². The van der Waals surface area contributed by atoms with E-state index in [-0.39, 0.29) is 18.3 Å². The van der Waals surface area contributed by atoms with Gasteiger partial charge < -0.3 is 20.5 Å². The first kappa shape index (κ1) is 18.8. The summed E-state index contributed by atoms with van der Waals surface area (Å²) in [6, 6.07) is 2.65. The van der Waals surface area contributed by atoms with Gasteiger partial charge in [-0.25, -0.2) is 0 Å². The number of carbonyl (C=O) groups is 1. The molecule has 0 aliphatic rings. The van der Waals surface area contributed by atoms with Crippen LogP contribution in [0.4, 0.5) is 5.69 Å². The second-order valence-electron chi connectivity index (χ2n) is 4.07. The van der Waals surface area contributed by atoms with Crippen molar-refractivity contribution < 1.29 is 14.3 Å². The Morgan fingerprint density at radius 1 is 1.35 bits per heavy atom. The van der Waals surface area contributed by atoms with E-state index in [4.69, 9.17) is 26.8 Å². The van der Waals surface area contributed by atoms with Crippen LogP contribution < -0.4 is 20.5 Å². The Labute approximate surface area is 130 Å². The molecule has 0 aromatic heterocycles. The Morgan fingerprint density at radius 2 is 1.95 bits per heavy atom. The summed E-state index contributed by atoms with van der Waals surface area (Å²) >= 11 is 5.99. The molecule has 1 rings (SSSR count). The van der Waals surface area contributed by atoms with Gasteiger partial charge in [0.05, 0.1) is 31.0 Å². The molecule has 1 aromatic carbocycles. The molecule has 7 heteroatoms. The Morgan fingerprint density at radius 3 is 2.45 bits per heavy atom. The summed E-state index contributed by atoms with van der Waals surface area (Å²) in [4.78, 5) is 11.9. The molecule has 1 unspecified atom stereocenters. The van der Waals surface area contributed by atoms with E-state index < -0.39 is 6.04 Å². The zero-order chi connectivity index (χ0) is 14.4. The van der Waals surface area contributed by atoms with Crippen molar-refractivity contribution in [3.05, 3.63) is 17.2 Å². The highest BCUT2D eigenvalue weighted by atomic mass is 35.5. The van der Waals surface area contributed by atoms with Crippen molar-refractivity contribution in [1.29, 1.82) is 0 Å². The van der Waals surface area contributed by atoms with Gasteiger partial charge in [-0.05, 0) is 6.42 Å². The molecule has 0 aliphatic heterocycles. The molecule has 3 N–H and O–H groups in total. The van der Waals surface area contributed by atoms with Gasteiger partial charge in [-0.15, -0.1) is 12.4 Å². The van der Waals surface area contributed by atoms with Crippen LogP contribution in [-0.4, -0.2) is 26.2 Å². The van der Waals surface area contributed by atoms with Gasteiger partial charge >= 0.3 is 0 Å². The van der Waals surface area contributed by atoms with Crippen LogP contribution in [0.2, 0.25) is 5.02 Å². The monoisotopic (exact) mass is 322 g/mol. The Bertz CT molecular complexity index is 455. The molecule has 0 spiro atoms. The normalized spacial score (nSPS) is 11.2. The van der Waals surface area contributed by atoms with Crippen LogP contribution in [0.1, 0.15) is 19.8 Å². The van der Waals surface area contributed by atoms with Crippen molar-refractivity contribution >= 4 is 35.6 Å². The highest BCUT2D eigenvalue weighted by molar-refractivity contribution is 6.32. The summed E-state index contributed by atoms with van der Waals surface area (Å²) < 4.78 is 10.3. The summed E-state index contributed by atoms with van der Waals surface area (Å²) in [5.41, 5.74) is 6.24. The van der Waals surface area contributed by atoms with Gasteiger partial charge in [-0.1, -0.05) is 24.9 Å². The molecule has 1 aromatic rings. The minimum Gasteiger partial charge on any atom is -0.495 e. The predicted molar refractivity (Wildman–Crippen MR) is 83.3 cm³/mol. The molecule has 0 saturated heterocycles. The smallest absolute Gasteiger partial charge is 0.241 e. The molecule has 0 fully saturated rings. The van der Waals surface area contributed by atoms with E-state index in [0.29, 0.717) is 28.6 Å². The van der Waals surface area contributed by atoms with E-state index in [9.17, 15) is 4.79 Å². The average Bonchev–Trinajstić information content (AvgIpc) is 2.40. The summed E-state index contributed by atoms with van der Waals surface area (Å²) in [7, 11) is 3.00. The standard InChI is InChI=1S/C13H19ClN2O3.ClH/c1-4-5-9(15)13(17)16-10-7-11(18-2)8(14)6-12(10)19-3;/h6-7,9H,4-5,15H2,1-3H3,(H,16,17);1H. The van der Waals surface area contributed by atoms with Gasteiger partial charge in [0.1, 0.15) is 11.5 Å². The second-order valence-corrected chi connectivity index (χ2v) is 4.48. The van der Waals surface area contributed by atoms with Crippen LogP contribution in [0.25, 0.3) is 0 Å². The van der Waals surface area contributed by atoms with Gasteiger partial charge in [0.2, 0.25) is 5.91 Å². The number of benzene rings is 1. The molecular weight excluding hydrogens is 303 g/mol. The highest BCUT2D eigenvalue weighted by Crippen LogP contribution is 2.35. The molecule has 1 atom stereocenters. The van der Waals surface area contributed by atoms with Crippen LogP contribution >= 0.6 is 24.0 Å². The fraction of sp³-hybridized carbons (Fsp3) is 0.462. The lowest BCUT2D eigenvalue weighted by molar-refractivity contribution is -0.117. The summed E-state index contributed by atoms with van der Waals surface area (Å²) in [6.07, 6.45) is 1.47. The fourth-order valence-electron chi connectivity index (χ4n) is 1.63. The van der Waals surface area contributed by atoms with E-state index in [2.05, 4.69) is 5.32 Å². The second kappa shape index (κ2) is 8.89. The van der Waals surface area contributed by atoms with Crippen LogP contribution in [0, 0.1) is 0 Å². The lowest BCUT2D eigenvalue weighted by atomic mass is 10.1. The molecule has 0 saturated carbocycles. The van der Waals surface area contributed by atoms with Crippen molar-refractivity contribution in [3.8, 4) is 11.5 Å². The number of nitrogens with two attached hydrogens (primary N) is 1. The maximum atomic E-state index is 11.9. The number of carbonyl (C=O) groups excluding carboxylic acids is 1. The number of hydrogen-bond donors (Lipinski definition) is 2. The molecule has 0 aliphatic carbocycles. The zero-order valence-corrected chi connectivity index (χ0v) is 13.3. The number of ether oxygens (including phenoxy) is 2. The molecule has 0 bridgehead atoms. The molecule has 20 heavy (non-hydrogen) atoms. The first-order valence-electron chi connectivity index (χ1n) is 6.01. The maximum Gasteiger partial charge on any atom is 0.241 e. The summed E-state index contributed by atoms with van der Waals surface area (Å²) in [5.74, 6) is 0.661. The topological polar surface area (TPSA) is 73.6 Å². The van der Waals surface area contributed by atoms with Crippen LogP contribution in [0.3, 0.4) is 0 Å². The van der Waals surface area contributed by atoms with E-state index in [1.165, 1.54) is 14.2 Å². The number of anilines is 1. The largest absolute Gasteiger partial charge is 0.495 e. The predicted octanol–water partition coefficient (Wildman–Crippen LogP) is 2.84. The number of amides is 1.